The van der Waals surface area contributed by atoms with Crippen molar-refractivity contribution in [3.8, 4) is 0 Å². The summed E-state index contributed by atoms with van der Waals surface area (Å²) in [5.41, 5.74) is 1.40. The van der Waals surface area contributed by atoms with Crippen LogP contribution in [0.4, 0.5) is 10.1 Å². The van der Waals surface area contributed by atoms with Crippen molar-refractivity contribution in [2.75, 3.05) is 23.7 Å². The second-order valence-corrected chi connectivity index (χ2v) is 7.80. The predicted molar refractivity (Wildman–Crippen MR) is 97.1 cm³/mol. The average molecular weight is 385 g/mol. The number of halogens is 2. The van der Waals surface area contributed by atoms with E-state index in [2.05, 4.69) is 5.32 Å². The fourth-order valence-electron chi connectivity index (χ4n) is 2.31. The Labute approximate surface area is 151 Å². The summed E-state index contributed by atoms with van der Waals surface area (Å²) in [6.07, 6.45) is 1.09. The highest BCUT2D eigenvalue weighted by Crippen LogP contribution is 2.27. The van der Waals surface area contributed by atoms with Crippen LogP contribution in [0.1, 0.15) is 15.9 Å². The van der Waals surface area contributed by atoms with Crippen LogP contribution in [0.2, 0.25) is 5.02 Å². The van der Waals surface area contributed by atoms with E-state index in [1.54, 1.807) is 25.1 Å². The topological polar surface area (TPSA) is 66.5 Å². The summed E-state index contributed by atoms with van der Waals surface area (Å²) in [5.74, 6) is -0.840. The molecule has 1 N–H and O–H groups in total. The molecular formula is C17H18ClFN2O3S. The lowest BCUT2D eigenvalue weighted by Crippen LogP contribution is -2.38. The van der Waals surface area contributed by atoms with Gasteiger partial charge in [-0.15, -0.1) is 0 Å². The number of carbonyl (C=O) groups excluding carboxylic acids is 1. The molecule has 5 nitrogen and oxygen atoms in total. The van der Waals surface area contributed by atoms with Gasteiger partial charge in [-0.25, -0.2) is 12.8 Å². The minimum Gasteiger partial charge on any atom is -0.350 e. The molecule has 2 aromatic carbocycles. The molecule has 0 spiro atoms. The number of nitrogens with one attached hydrogen (secondary N) is 1. The van der Waals surface area contributed by atoms with Gasteiger partial charge in [0.25, 0.3) is 5.91 Å². The van der Waals surface area contributed by atoms with E-state index in [9.17, 15) is 17.6 Å². The van der Waals surface area contributed by atoms with E-state index < -0.39 is 21.7 Å². The highest BCUT2D eigenvalue weighted by atomic mass is 35.5. The van der Waals surface area contributed by atoms with Gasteiger partial charge in [0.2, 0.25) is 10.0 Å². The number of carbonyl (C=O) groups is 1. The van der Waals surface area contributed by atoms with Crippen molar-refractivity contribution >= 4 is 33.2 Å². The number of hydrogen-bond acceptors (Lipinski definition) is 3. The maximum Gasteiger partial charge on any atom is 0.251 e. The number of amides is 1. The van der Waals surface area contributed by atoms with Crippen molar-refractivity contribution in [1.29, 1.82) is 0 Å². The smallest absolute Gasteiger partial charge is 0.251 e. The van der Waals surface area contributed by atoms with Crippen molar-refractivity contribution in [2.45, 2.75) is 6.92 Å². The van der Waals surface area contributed by atoms with E-state index >= 15 is 0 Å². The number of sulfonamides is 1. The molecule has 0 radical (unpaired) electrons. The molecule has 0 heterocycles. The lowest BCUT2D eigenvalue weighted by molar-refractivity contribution is 0.0955. The summed E-state index contributed by atoms with van der Waals surface area (Å²) < 4.78 is 38.3. The van der Waals surface area contributed by atoms with E-state index in [1.807, 2.05) is 0 Å². The van der Waals surface area contributed by atoms with Crippen molar-refractivity contribution in [3.05, 3.63) is 64.4 Å². The van der Waals surface area contributed by atoms with Gasteiger partial charge in [-0.3, -0.25) is 9.10 Å². The van der Waals surface area contributed by atoms with Gasteiger partial charge in [-0.05, 0) is 48.9 Å². The molecule has 134 valence electrons. The summed E-state index contributed by atoms with van der Waals surface area (Å²) in [4.78, 5) is 12.0. The zero-order chi connectivity index (χ0) is 18.6. The van der Waals surface area contributed by atoms with E-state index in [4.69, 9.17) is 11.6 Å². The lowest BCUT2D eigenvalue weighted by atomic mass is 10.2. The molecule has 0 aromatic heterocycles. The zero-order valence-corrected chi connectivity index (χ0v) is 15.4. The SMILES string of the molecule is Cc1c(Cl)cccc1N(CCNC(=O)c1ccc(F)cc1)S(C)(=O)=O. The quantitative estimate of drug-likeness (QED) is 0.832. The molecule has 0 aliphatic carbocycles. The van der Waals surface area contributed by atoms with Gasteiger partial charge in [0.15, 0.2) is 0 Å². The van der Waals surface area contributed by atoms with Gasteiger partial charge < -0.3 is 5.32 Å². The van der Waals surface area contributed by atoms with Crippen LogP contribution in [0.3, 0.4) is 0 Å². The van der Waals surface area contributed by atoms with Gasteiger partial charge in [-0.2, -0.15) is 0 Å². The molecule has 2 rings (SSSR count). The molecule has 0 aliphatic rings. The molecule has 1 amide bonds. The summed E-state index contributed by atoms with van der Waals surface area (Å²) in [6.45, 7) is 1.87. The van der Waals surface area contributed by atoms with Crippen molar-refractivity contribution in [3.63, 3.8) is 0 Å². The maximum atomic E-state index is 12.9. The fourth-order valence-corrected chi connectivity index (χ4v) is 3.45. The third kappa shape index (κ3) is 4.93. The highest BCUT2D eigenvalue weighted by molar-refractivity contribution is 7.92. The maximum absolute atomic E-state index is 12.9. The van der Waals surface area contributed by atoms with Crippen LogP contribution in [0, 0.1) is 12.7 Å². The molecular weight excluding hydrogens is 367 g/mol. The number of rotatable bonds is 6. The van der Waals surface area contributed by atoms with E-state index in [1.165, 1.54) is 28.6 Å². The largest absolute Gasteiger partial charge is 0.350 e. The molecule has 0 saturated heterocycles. The van der Waals surface area contributed by atoms with Gasteiger partial charge >= 0.3 is 0 Å². The Morgan fingerprint density at radius 2 is 1.84 bits per heavy atom. The Morgan fingerprint density at radius 1 is 1.20 bits per heavy atom. The third-order valence-corrected chi connectivity index (χ3v) is 5.20. The predicted octanol–water partition coefficient (Wildman–Crippen LogP) is 2.98. The number of benzene rings is 2. The summed E-state index contributed by atoms with van der Waals surface area (Å²) in [5, 5.41) is 3.08. The molecule has 2 aromatic rings. The minimum absolute atomic E-state index is 0.0486. The van der Waals surface area contributed by atoms with Crippen LogP contribution in [0.15, 0.2) is 42.5 Å². The number of nitrogens with zero attached hydrogens (tertiary/aromatic N) is 1. The fraction of sp³-hybridized carbons (Fsp3) is 0.235. The Kier molecular flexibility index (Phi) is 6.02. The van der Waals surface area contributed by atoms with Crippen LogP contribution in [-0.2, 0) is 10.0 Å². The summed E-state index contributed by atoms with van der Waals surface area (Å²) >= 11 is 6.06. The highest BCUT2D eigenvalue weighted by Gasteiger charge is 2.20. The molecule has 0 unspecified atom stereocenters. The molecule has 25 heavy (non-hydrogen) atoms. The van der Waals surface area contributed by atoms with E-state index in [0.29, 0.717) is 21.8 Å². The van der Waals surface area contributed by atoms with Gasteiger partial charge in [0, 0.05) is 17.1 Å². The molecule has 0 fully saturated rings. The van der Waals surface area contributed by atoms with E-state index in [-0.39, 0.29) is 13.1 Å². The minimum atomic E-state index is -3.55. The van der Waals surface area contributed by atoms with Gasteiger partial charge in [0.1, 0.15) is 5.82 Å². The Bertz CT molecular complexity index is 870. The first-order chi connectivity index (χ1) is 11.7. The third-order valence-electron chi connectivity index (χ3n) is 3.61. The van der Waals surface area contributed by atoms with Crippen LogP contribution >= 0.6 is 11.6 Å². The van der Waals surface area contributed by atoms with Crippen LogP contribution in [0.25, 0.3) is 0 Å². The summed E-state index contributed by atoms with van der Waals surface area (Å²) in [7, 11) is -3.55. The number of hydrogen-bond donors (Lipinski definition) is 1. The van der Waals surface area contributed by atoms with Crippen LogP contribution < -0.4 is 9.62 Å². The monoisotopic (exact) mass is 384 g/mol. The second kappa shape index (κ2) is 7.84. The number of anilines is 1. The average Bonchev–Trinajstić information content (AvgIpc) is 2.54. The van der Waals surface area contributed by atoms with E-state index in [0.717, 1.165) is 6.26 Å². The van der Waals surface area contributed by atoms with Gasteiger partial charge in [-0.1, -0.05) is 17.7 Å². The first-order valence-corrected chi connectivity index (χ1v) is 9.69. The first kappa shape index (κ1) is 19.2. The standard InChI is InChI=1S/C17H18ClFN2O3S/c1-12-15(18)4-3-5-16(12)21(25(2,23)24)11-10-20-17(22)13-6-8-14(19)9-7-13/h3-9H,10-11H2,1-2H3,(H,20,22). The van der Waals surface area contributed by atoms with Crippen molar-refractivity contribution in [1.82, 2.24) is 5.32 Å². The molecule has 0 saturated carbocycles. The summed E-state index contributed by atoms with van der Waals surface area (Å²) in [6, 6.07) is 10.1. The van der Waals surface area contributed by atoms with Gasteiger partial charge in [0.05, 0.1) is 18.5 Å². The first-order valence-electron chi connectivity index (χ1n) is 7.47. The lowest BCUT2D eigenvalue weighted by Gasteiger charge is -2.24. The molecule has 0 atom stereocenters. The van der Waals surface area contributed by atoms with Crippen molar-refractivity contribution < 1.29 is 17.6 Å². The Hall–Kier alpha value is -2.12. The Morgan fingerprint density at radius 3 is 2.44 bits per heavy atom. The molecule has 0 bridgehead atoms. The van der Waals surface area contributed by atoms with Crippen LogP contribution in [-0.4, -0.2) is 33.7 Å². The second-order valence-electron chi connectivity index (χ2n) is 5.48. The van der Waals surface area contributed by atoms with Crippen molar-refractivity contribution in [2.24, 2.45) is 0 Å². The molecule has 0 aliphatic heterocycles. The van der Waals surface area contributed by atoms with Crippen LogP contribution in [0.5, 0.6) is 0 Å². The Balaban J connectivity index is 2.10. The molecule has 8 heteroatoms. The normalized spacial score (nSPS) is 11.2. The zero-order valence-electron chi connectivity index (χ0n) is 13.8.